The fourth-order valence-corrected chi connectivity index (χ4v) is 11.3. The smallest absolute Gasteiger partial charge is 0.0702 e. The van der Waals surface area contributed by atoms with Gasteiger partial charge in [0.15, 0.2) is 0 Å². The molecular formula is C78H60N6. The molecule has 0 radical (unpaired) electrons. The Morgan fingerprint density at radius 3 is 0.345 bits per heavy atom. The molecule has 0 N–H and O–H groups in total. The Morgan fingerprint density at radius 2 is 0.214 bits per heavy atom. The SMILES string of the molecule is c1ccc(N(c2ccccc2)c2ccccc2N(c2ccccc2)c2cc(N(c3ccccc3)c3ccccc3N(c3ccccc3)c3ccccc3)cc(N(c3ccccc3)c3ccccc3N(c3ccccc3)c3ccccc3)c2)cc1. The van der Waals surface area contributed by atoms with Gasteiger partial charge in [0, 0.05) is 51.2 Å². The normalized spacial score (nSPS) is 10.9. The molecule has 402 valence electrons. The molecule has 0 spiro atoms. The molecule has 0 aliphatic carbocycles. The van der Waals surface area contributed by atoms with Gasteiger partial charge in [0.25, 0.3) is 0 Å². The van der Waals surface area contributed by atoms with E-state index in [1.54, 1.807) is 0 Å². The topological polar surface area (TPSA) is 19.4 Å². The standard InChI is InChI=1S/C78H60N6/c1-10-34-61(35-11-1)79(62-36-12-2-13-37-62)73-52-28-31-55-76(73)82(67-46-22-7-23-47-67)70-58-71(83(68-48-24-8-25-49-68)77-56-32-29-53-74(77)80(63-38-14-3-15-39-63)64-40-16-4-17-41-64)60-72(59-70)84(69-50-26-9-27-51-69)78-57-33-30-54-75(78)81(65-42-18-5-19-43-65)66-44-20-6-21-45-66/h1-60H. The van der Waals surface area contributed by atoms with Crippen LogP contribution < -0.4 is 29.4 Å². The number of para-hydroxylation sites is 15. The molecule has 13 rings (SSSR count). The molecule has 6 nitrogen and oxygen atoms in total. The van der Waals surface area contributed by atoms with Crippen LogP contribution in [0.4, 0.5) is 102 Å². The minimum Gasteiger partial charge on any atom is -0.308 e. The van der Waals surface area contributed by atoms with Gasteiger partial charge in [-0.2, -0.15) is 0 Å². The Balaban J connectivity index is 1.13. The Morgan fingerprint density at radius 1 is 0.107 bits per heavy atom. The summed E-state index contributed by atoms with van der Waals surface area (Å²) in [4.78, 5) is 14.3. The molecule has 0 atom stereocenters. The van der Waals surface area contributed by atoms with Crippen molar-refractivity contribution in [2.75, 3.05) is 29.4 Å². The van der Waals surface area contributed by atoms with Gasteiger partial charge in [-0.25, -0.2) is 0 Å². The van der Waals surface area contributed by atoms with Crippen molar-refractivity contribution < 1.29 is 0 Å². The molecule has 0 heterocycles. The highest BCUT2D eigenvalue weighted by Gasteiger charge is 2.29. The molecule has 0 aliphatic heterocycles. The van der Waals surface area contributed by atoms with Crippen LogP contribution in [0.2, 0.25) is 0 Å². The monoisotopic (exact) mass is 1080 g/mol. The Bertz CT molecular complexity index is 3630. The Hall–Kier alpha value is -11.3. The van der Waals surface area contributed by atoms with E-state index in [0.29, 0.717) is 0 Å². The van der Waals surface area contributed by atoms with Crippen molar-refractivity contribution in [3.05, 3.63) is 364 Å². The highest BCUT2D eigenvalue weighted by molar-refractivity contribution is 5.98. The fourth-order valence-electron chi connectivity index (χ4n) is 11.3. The van der Waals surface area contributed by atoms with Crippen LogP contribution in [-0.2, 0) is 0 Å². The molecule has 0 aliphatic rings. The van der Waals surface area contributed by atoms with Crippen LogP contribution in [0.15, 0.2) is 364 Å². The number of hydrogen-bond acceptors (Lipinski definition) is 6. The lowest BCUT2D eigenvalue weighted by Gasteiger charge is -2.37. The van der Waals surface area contributed by atoms with Gasteiger partial charge in [0.1, 0.15) is 0 Å². The number of nitrogens with zero attached hydrogens (tertiary/aromatic N) is 6. The minimum absolute atomic E-state index is 0.935. The summed E-state index contributed by atoms with van der Waals surface area (Å²) >= 11 is 0. The van der Waals surface area contributed by atoms with E-state index in [9.17, 15) is 0 Å². The number of benzene rings is 13. The Kier molecular flexibility index (Phi) is 15.2. The summed E-state index contributed by atoms with van der Waals surface area (Å²) in [6.07, 6.45) is 0. The first-order valence-electron chi connectivity index (χ1n) is 28.4. The summed E-state index contributed by atoms with van der Waals surface area (Å²) in [6, 6.07) is 130. The molecule has 0 fully saturated rings. The van der Waals surface area contributed by atoms with Gasteiger partial charge < -0.3 is 29.4 Å². The highest BCUT2D eigenvalue weighted by atomic mass is 15.3. The second-order valence-corrected chi connectivity index (χ2v) is 20.2. The maximum absolute atomic E-state index is 2.42. The van der Waals surface area contributed by atoms with E-state index in [1.807, 2.05) is 0 Å². The minimum atomic E-state index is 0.935. The molecule has 0 unspecified atom stereocenters. The molecule has 0 bridgehead atoms. The van der Waals surface area contributed by atoms with Crippen LogP contribution in [0.3, 0.4) is 0 Å². The van der Waals surface area contributed by atoms with E-state index in [-0.39, 0.29) is 0 Å². The number of anilines is 18. The Labute approximate surface area is 493 Å². The van der Waals surface area contributed by atoms with E-state index in [1.165, 1.54) is 0 Å². The molecule has 13 aromatic carbocycles. The summed E-state index contributed by atoms with van der Waals surface area (Å²) < 4.78 is 0. The van der Waals surface area contributed by atoms with Crippen LogP contribution in [0, 0.1) is 0 Å². The van der Waals surface area contributed by atoms with Crippen LogP contribution in [0.5, 0.6) is 0 Å². The zero-order valence-corrected chi connectivity index (χ0v) is 46.3. The summed E-state index contributed by atoms with van der Waals surface area (Å²) in [6.45, 7) is 0. The average Bonchev–Trinajstić information content (AvgIpc) is 3.74. The largest absolute Gasteiger partial charge is 0.308 e. The summed E-state index contributed by atoms with van der Waals surface area (Å²) in [5, 5.41) is 0. The van der Waals surface area contributed by atoms with Crippen molar-refractivity contribution in [1.82, 2.24) is 0 Å². The summed E-state index contributed by atoms with van der Waals surface area (Å²) in [5.41, 5.74) is 18.0. The first kappa shape index (κ1) is 52.1. The quantitative estimate of drug-likeness (QED) is 0.0847. The molecule has 0 saturated heterocycles. The number of hydrogen-bond donors (Lipinski definition) is 0. The molecule has 0 saturated carbocycles. The summed E-state index contributed by atoms with van der Waals surface area (Å²) in [5.74, 6) is 0. The maximum Gasteiger partial charge on any atom is 0.0702 e. The van der Waals surface area contributed by atoms with E-state index in [0.717, 1.165) is 102 Å². The molecule has 0 amide bonds. The van der Waals surface area contributed by atoms with Crippen LogP contribution >= 0.6 is 0 Å². The van der Waals surface area contributed by atoms with Crippen molar-refractivity contribution in [2.24, 2.45) is 0 Å². The highest BCUT2D eigenvalue weighted by Crippen LogP contribution is 2.53. The lowest BCUT2D eigenvalue weighted by Crippen LogP contribution is -2.20. The zero-order valence-electron chi connectivity index (χ0n) is 46.3. The molecule has 13 aromatic rings. The second-order valence-electron chi connectivity index (χ2n) is 20.2. The third-order valence-corrected chi connectivity index (χ3v) is 14.9. The van der Waals surface area contributed by atoms with Crippen LogP contribution in [0.25, 0.3) is 0 Å². The molecule has 6 heteroatoms. The third kappa shape index (κ3) is 10.9. The van der Waals surface area contributed by atoms with Gasteiger partial charge in [-0.15, -0.1) is 0 Å². The van der Waals surface area contributed by atoms with E-state index in [4.69, 9.17) is 0 Å². The first-order chi connectivity index (χ1) is 41.7. The van der Waals surface area contributed by atoms with Crippen molar-refractivity contribution in [1.29, 1.82) is 0 Å². The van der Waals surface area contributed by atoms with Gasteiger partial charge in [0.2, 0.25) is 0 Å². The van der Waals surface area contributed by atoms with Gasteiger partial charge >= 0.3 is 0 Å². The van der Waals surface area contributed by atoms with Crippen molar-refractivity contribution in [3.63, 3.8) is 0 Å². The first-order valence-corrected chi connectivity index (χ1v) is 28.4. The molecular weight excluding hydrogens is 1020 g/mol. The predicted molar refractivity (Wildman–Crippen MR) is 355 cm³/mol. The van der Waals surface area contributed by atoms with Gasteiger partial charge in [-0.1, -0.05) is 200 Å². The van der Waals surface area contributed by atoms with E-state index < -0.39 is 0 Å². The lowest BCUT2D eigenvalue weighted by atomic mass is 10.1. The fraction of sp³-hybridized carbons (Fsp3) is 0. The van der Waals surface area contributed by atoms with Gasteiger partial charge in [-0.05, 0) is 164 Å². The summed E-state index contributed by atoms with van der Waals surface area (Å²) in [7, 11) is 0. The van der Waals surface area contributed by atoms with E-state index >= 15 is 0 Å². The maximum atomic E-state index is 2.42. The molecule has 84 heavy (non-hydrogen) atoms. The van der Waals surface area contributed by atoms with Crippen molar-refractivity contribution in [2.45, 2.75) is 0 Å². The van der Waals surface area contributed by atoms with Crippen molar-refractivity contribution >= 4 is 102 Å². The van der Waals surface area contributed by atoms with Crippen LogP contribution in [0.1, 0.15) is 0 Å². The van der Waals surface area contributed by atoms with Gasteiger partial charge in [-0.3, -0.25) is 0 Å². The third-order valence-electron chi connectivity index (χ3n) is 14.9. The average molecular weight is 1080 g/mol. The molecule has 0 aromatic heterocycles. The van der Waals surface area contributed by atoms with Crippen molar-refractivity contribution in [3.8, 4) is 0 Å². The number of rotatable bonds is 18. The van der Waals surface area contributed by atoms with E-state index in [2.05, 4.69) is 393 Å². The lowest BCUT2D eigenvalue weighted by molar-refractivity contribution is 1.19. The van der Waals surface area contributed by atoms with Crippen LogP contribution in [-0.4, -0.2) is 0 Å². The van der Waals surface area contributed by atoms with Gasteiger partial charge in [0.05, 0.1) is 51.2 Å². The second kappa shape index (κ2) is 24.6. The predicted octanol–water partition coefficient (Wildman–Crippen LogP) is 22.5. The zero-order chi connectivity index (χ0) is 56.3.